The van der Waals surface area contributed by atoms with Crippen LogP contribution in [0, 0.1) is 0 Å². The zero-order chi connectivity index (χ0) is 13.1. The van der Waals surface area contributed by atoms with Crippen LogP contribution in [0.3, 0.4) is 0 Å². The summed E-state index contributed by atoms with van der Waals surface area (Å²) >= 11 is 3.29. The molecule has 1 aromatic rings. The molecule has 0 saturated heterocycles. The number of carbonyl (C=O) groups excluding carboxylic acids is 2. The highest BCUT2D eigenvalue weighted by atomic mass is 79.9. The molecule has 17 heavy (non-hydrogen) atoms. The highest BCUT2D eigenvalue weighted by Crippen LogP contribution is 2.13. The zero-order valence-corrected chi connectivity index (χ0v) is 11.6. The van der Waals surface area contributed by atoms with Gasteiger partial charge in [-0.05, 0) is 45.0 Å². The van der Waals surface area contributed by atoms with Gasteiger partial charge in [0, 0.05) is 15.7 Å². The van der Waals surface area contributed by atoms with Crippen LogP contribution in [0.15, 0.2) is 28.7 Å². The van der Waals surface area contributed by atoms with Crippen LogP contribution in [-0.4, -0.2) is 17.4 Å². The molecular formula is C12H15BrN2O2. The van der Waals surface area contributed by atoms with E-state index < -0.39 is 17.4 Å². The number of benzene rings is 1. The average Bonchev–Trinajstić information content (AvgIpc) is 2.19. The van der Waals surface area contributed by atoms with Gasteiger partial charge in [-0.3, -0.25) is 9.59 Å². The Morgan fingerprint density at radius 2 is 1.59 bits per heavy atom. The fourth-order valence-electron chi connectivity index (χ4n) is 1.12. The Hall–Kier alpha value is -1.36. The Morgan fingerprint density at radius 3 is 2.06 bits per heavy atom. The van der Waals surface area contributed by atoms with Crippen LogP contribution in [0.5, 0.6) is 0 Å². The molecule has 0 aliphatic carbocycles. The molecule has 0 heterocycles. The first-order valence-corrected chi connectivity index (χ1v) is 5.96. The van der Waals surface area contributed by atoms with Crippen molar-refractivity contribution in [2.75, 3.05) is 5.32 Å². The second kappa shape index (κ2) is 5.31. The van der Waals surface area contributed by atoms with Crippen LogP contribution in [0.1, 0.15) is 20.8 Å². The van der Waals surface area contributed by atoms with E-state index in [0.717, 1.165) is 4.47 Å². The highest BCUT2D eigenvalue weighted by Gasteiger charge is 2.19. The molecule has 1 rings (SSSR count). The van der Waals surface area contributed by atoms with Gasteiger partial charge in [-0.25, -0.2) is 0 Å². The molecule has 0 aromatic heterocycles. The molecule has 1 aromatic carbocycles. The Bertz CT molecular complexity index is 421. The highest BCUT2D eigenvalue weighted by molar-refractivity contribution is 9.10. The van der Waals surface area contributed by atoms with Crippen molar-refractivity contribution in [3.63, 3.8) is 0 Å². The largest absolute Gasteiger partial charge is 0.343 e. The minimum atomic E-state index is -0.665. The molecule has 0 radical (unpaired) electrons. The Morgan fingerprint density at radius 1 is 1.06 bits per heavy atom. The van der Waals surface area contributed by atoms with Gasteiger partial charge < -0.3 is 10.6 Å². The first kappa shape index (κ1) is 13.7. The summed E-state index contributed by atoms with van der Waals surface area (Å²) in [6, 6.07) is 7.01. The van der Waals surface area contributed by atoms with E-state index in [1.807, 2.05) is 20.8 Å². The lowest BCUT2D eigenvalue weighted by molar-refractivity contribution is -0.137. The number of hydrogen-bond donors (Lipinski definition) is 2. The van der Waals surface area contributed by atoms with Crippen molar-refractivity contribution in [2.45, 2.75) is 26.3 Å². The van der Waals surface area contributed by atoms with Crippen LogP contribution < -0.4 is 10.6 Å². The number of halogens is 1. The van der Waals surface area contributed by atoms with Crippen molar-refractivity contribution in [3.05, 3.63) is 28.7 Å². The van der Waals surface area contributed by atoms with E-state index in [0.29, 0.717) is 5.69 Å². The predicted molar refractivity (Wildman–Crippen MR) is 70.7 cm³/mol. The van der Waals surface area contributed by atoms with E-state index >= 15 is 0 Å². The molecule has 0 saturated carbocycles. The summed E-state index contributed by atoms with van der Waals surface area (Å²) in [4.78, 5) is 23.0. The second-order valence-corrected chi connectivity index (χ2v) is 5.58. The van der Waals surface area contributed by atoms with Gasteiger partial charge in [0.2, 0.25) is 0 Å². The summed E-state index contributed by atoms with van der Waals surface area (Å²) in [6.07, 6.45) is 0. The molecule has 4 nitrogen and oxygen atoms in total. The summed E-state index contributed by atoms with van der Waals surface area (Å²) in [5.74, 6) is -1.30. The maximum atomic E-state index is 11.5. The van der Waals surface area contributed by atoms with Crippen LogP contribution in [0.4, 0.5) is 5.69 Å². The molecule has 2 amide bonds. The summed E-state index contributed by atoms with van der Waals surface area (Å²) in [5, 5.41) is 5.11. The molecule has 0 bridgehead atoms. The number of carbonyl (C=O) groups is 2. The minimum Gasteiger partial charge on any atom is -0.343 e. The Kier molecular flexibility index (Phi) is 4.28. The summed E-state index contributed by atoms with van der Waals surface area (Å²) in [5.41, 5.74) is 0.163. The Labute approximate surface area is 109 Å². The maximum Gasteiger partial charge on any atom is 0.313 e. The fourth-order valence-corrected chi connectivity index (χ4v) is 1.38. The lowest BCUT2D eigenvalue weighted by Crippen LogP contribution is -2.46. The van der Waals surface area contributed by atoms with E-state index in [2.05, 4.69) is 26.6 Å². The molecule has 0 aliphatic heterocycles. The van der Waals surface area contributed by atoms with Crippen molar-refractivity contribution < 1.29 is 9.59 Å². The van der Waals surface area contributed by atoms with Gasteiger partial charge in [-0.2, -0.15) is 0 Å². The van der Waals surface area contributed by atoms with Crippen molar-refractivity contribution in [2.24, 2.45) is 0 Å². The molecule has 0 atom stereocenters. The van der Waals surface area contributed by atoms with Crippen LogP contribution in [-0.2, 0) is 9.59 Å². The van der Waals surface area contributed by atoms with E-state index in [1.54, 1.807) is 24.3 Å². The molecule has 0 unspecified atom stereocenters. The van der Waals surface area contributed by atoms with E-state index in [9.17, 15) is 9.59 Å². The number of rotatable bonds is 1. The van der Waals surface area contributed by atoms with Crippen molar-refractivity contribution in [3.8, 4) is 0 Å². The molecular weight excluding hydrogens is 284 g/mol. The van der Waals surface area contributed by atoms with Gasteiger partial charge in [-0.1, -0.05) is 15.9 Å². The third kappa shape index (κ3) is 4.99. The van der Waals surface area contributed by atoms with Crippen LogP contribution >= 0.6 is 15.9 Å². The van der Waals surface area contributed by atoms with Gasteiger partial charge in [-0.15, -0.1) is 0 Å². The van der Waals surface area contributed by atoms with E-state index in [1.165, 1.54) is 0 Å². The second-order valence-electron chi connectivity index (χ2n) is 4.67. The van der Waals surface area contributed by atoms with Crippen molar-refractivity contribution >= 4 is 33.4 Å². The topological polar surface area (TPSA) is 58.2 Å². The minimum absolute atomic E-state index is 0.422. The molecule has 0 aliphatic rings. The maximum absolute atomic E-state index is 11.5. The quantitative estimate of drug-likeness (QED) is 0.782. The third-order valence-corrected chi connectivity index (χ3v) is 2.33. The molecule has 0 spiro atoms. The SMILES string of the molecule is CC(C)(C)NC(=O)C(=O)Nc1ccc(Br)cc1. The van der Waals surface area contributed by atoms with Crippen molar-refractivity contribution in [1.82, 2.24) is 5.32 Å². The molecule has 92 valence electrons. The molecule has 5 heteroatoms. The molecule has 0 fully saturated rings. The van der Waals surface area contributed by atoms with E-state index in [4.69, 9.17) is 0 Å². The zero-order valence-electron chi connectivity index (χ0n) is 10.0. The smallest absolute Gasteiger partial charge is 0.313 e. The van der Waals surface area contributed by atoms with Gasteiger partial charge in [0.1, 0.15) is 0 Å². The summed E-state index contributed by atoms with van der Waals surface area (Å²) < 4.78 is 0.912. The van der Waals surface area contributed by atoms with Gasteiger partial charge in [0.05, 0.1) is 0 Å². The first-order chi connectivity index (χ1) is 7.78. The average molecular weight is 299 g/mol. The molecule has 2 N–H and O–H groups in total. The third-order valence-electron chi connectivity index (χ3n) is 1.80. The van der Waals surface area contributed by atoms with Gasteiger partial charge in [0.25, 0.3) is 0 Å². The van der Waals surface area contributed by atoms with Gasteiger partial charge >= 0.3 is 11.8 Å². The first-order valence-electron chi connectivity index (χ1n) is 5.17. The number of amides is 2. The summed E-state index contributed by atoms with van der Waals surface area (Å²) in [7, 11) is 0. The standard InChI is InChI=1S/C12H15BrN2O2/c1-12(2,3)15-11(17)10(16)14-9-6-4-8(13)5-7-9/h4-7H,1-3H3,(H,14,16)(H,15,17). The van der Waals surface area contributed by atoms with Crippen LogP contribution in [0.25, 0.3) is 0 Å². The Balaban J connectivity index is 2.60. The van der Waals surface area contributed by atoms with Crippen LogP contribution in [0.2, 0.25) is 0 Å². The fraction of sp³-hybridized carbons (Fsp3) is 0.333. The van der Waals surface area contributed by atoms with Crippen molar-refractivity contribution in [1.29, 1.82) is 0 Å². The van der Waals surface area contributed by atoms with Gasteiger partial charge in [0.15, 0.2) is 0 Å². The van der Waals surface area contributed by atoms with E-state index in [-0.39, 0.29) is 0 Å². The number of anilines is 1. The monoisotopic (exact) mass is 298 g/mol. The summed E-state index contributed by atoms with van der Waals surface area (Å²) in [6.45, 7) is 5.45. The normalized spacial score (nSPS) is 10.8. The number of hydrogen-bond acceptors (Lipinski definition) is 2. The number of nitrogens with one attached hydrogen (secondary N) is 2. The predicted octanol–water partition coefficient (Wildman–Crippen LogP) is 2.30. The lowest BCUT2D eigenvalue weighted by atomic mass is 10.1. The lowest BCUT2D eigenvalue weighted by Gasteiger charge is -2.19.